The molecule has 0 radical (unpaired) electrons. The summed E-state index contributed by atoms with van der Waals surface area (Å²) in [5, 5.41) is 10.9. The van der Waals surface area contributed by atoms with Gasteiger partial charge in [0, 0.05) is 11.1 Å². The molecule has 1 aromatic carbocycles. The molecule has 12 heteroatoms. The molecule has 3 rings (SSSR count). The van der Waals surface area contributed by atoms with Crippen LogP contribution in [0.4, 0.5) is 5.69 Å². The Bertz CT molecular complexity index is 1110. The van der Waals surface area contributed by atoms with Gasteiger partial charge in [-0.2, -0.15) is 0 Å². The largest absolute Gasteiger partial charge is 0.455 e. The molecular weight excluding hydrogens is 424 g/mol. The number of thioether (sulfide) groups is 1. The molecule has 2 aromatic heterocycles. The van der Waals surface area contributed by atoms with Crippen LogP contribution in [0.1, 0.15) is 0 Å². The average molecular weight is 439 g/mol. The van der Waals surface area contributed by atoms with E-state index in [1.54, 1.807) is 0 Å². The first kappa shape index (κ1) is 20.2. The van der Waals surface area contributed by atoms with E-state index in [-0.39, 0.29) is 10.6 Å². The quantitative estimate of drug-likeness (QED) is 0.322. The lowest BCUT2D eigenvalue weighted by molar-refractivity contribution is -0.144. The molecule has 3 aromatic rings. The standard InChI is InChI=1S/C16H14N4O5S3/c17-28(23,24)11-3-1-10(2-4-11)20-13(21)7-25-14(22)8-27-16-12-5-6-26-15(12)18-9-19-16/h1-6,9H,7-8H2,(H,20,21)(H2,17,23,24). The van der Waals surface area contributed by atoms with Crippen molar-refractivity contribution in [3.8, 4) is 0 Å². The molecule has 146 valence electrons. The summed E-state index contributed by atoms with van der Waals surface area (Å²) in [6.45, 7) is -0.464. The molecule has 1 amide bonds. The number of hydrogen-bond donors (Lipinski definition) is 2. The number of benzene rings is 1. The Morgan fingerprint density at radius 1 is 1.18 bits per heavy atom. The van der Waals surface area contributed by atoms with E-state index < -0.39 is 28.5 Å². The molecule has 2 heterocycles. The van der Waals surface area contributed by atoms with Crippen LogP contribution in [0.5, 0.6) is 0 Å². The number of ether oxygens (including phenoxy) is 1. The van der Waals surface area contributed by atoms with Gasteiger partial charge in [0.15, 0.2) is 6.61 Å². The zero-order valence-electron chi connectivity index (χ0n) is 14.2. The predicted octanol–water partition coefficient (Wildman–Crippen LogP) is 1.61. The van der Waals surface area contributed by atoms with Gasteiger partial charge in [-0.1, -0.05) is 11.8 Å². The van der Waals surface area contributed by atoms with Gasteiger partial charge in [0.2, 0.25) is 10.0 Å². The highest BCUT2D eigenvalue weighted by molar-refractivity contribution is 8.00. The number of rotatable bonds is 7. The molecule has 9 nitrogen and oxygen atoms in total. The number of carbonyl (C=O) groups excluding carboxylic acids is 2. The number of nitrogens with one attached hydrogen (secondary N) is 1. The molecule has 0 fully saturated rings. The first-order chi connectivity index (χ1) is 13.3. The van der Waals surface area contributed by atoms with Crippen molar-refractivity contribution in [3.63, 3.8) is 0 Å². The first-order valence-electron chi connectivity index (χ1n) is 7.72. The minimum atomic E-state index is -3.80. The minimum Gasteiger partial charge on any atom is -0.455 e. The third kappa shape index (κ3) is 5.25. The Morgan fingerprint density at radius 3 is 2.64 bits per heavy atom. The molecule has 0 aliphatic heterocycles. The van der Waals surface area contributed by atoms with Gasteiger partial charge < -0.3 is 10.1 Å². The third-order valence-electron chi connectivity index (χ3n) is 3.38. The second-order valence-corrected chi connectivity index (χ2v) is 8.81. The number of amides is 1. The fraction of sp³-hybridized carbons (Fsp3) is 0.125. The van der Waals surface area contributed by atoms with Crippen LogP contribution < -0.4 is 10.5 Å². The Kier molecular flexibility index (Phi) is 6.24. The zero-order valence-corrected chi connectivity index (χ0v) is 16.6. The van der Waals surface area contributed by atoms with E-state index in [1.807, 2.05) is 11.4 Å². The van der Waals surface area contributed by atoms with E-state index in [2.05, 4.69) is 15.3 Å². The highest BCUT2D eigenvalue weighted by Crippen LogP contribution is 2.27. The number of hydrogen-bond acceptors (Lipinski definition) is 9. The van der Waals surface area contributed by atoms with Crippen molar-refractivity contribution in [2.75, 3.05) is 17.7 Å². The number of primary sulfonamides is 1. The van der Waals surface area contributed by atoms with Crippen molar-refractivity contribution in [2.24, 2.45) is 5.14 Å². The summed E-state index contributed by atoms with van der Waals surface area (Å²) in [7, 11) is -3.80. The summed E-state index contributed by atoms with van der Waals surface area (Å²) >= 11 is 2.68. The summed E-state index contributed by atoms with van der Waals surface area (Å²) in [6, 6.07) is 7.18. The highest BCUT2D eigenvalue weighted by atomic mass is 32.2. The van der Waals surface area contributed by atoms with Crippen LogP contribution in [0.2, 0.25) is 0 Å². The monoisotopic (exact) mass is 438 g/mol. The molecule has 0 saturated carbocycles. The summed E-state index contributed by atoms with van der Waals surface area (Å²) < 4.78 is 27.3. The molecular formula is C16H14N4O5S3. The Hall–Kier alpha value is -2.54. The van der Waals surface area contributed by atoms with Crippen LogP contribution in [0.15, 0.2) is 52.0 Å². The van der Waals surface area contributed by atoms with E-state index in [9.17, 15) is 18.0 Å². The van der Waals surface area contributed by atoms with E-state index in [0.29, 0.717) is 10.7 Å². The molecule has 0 bridgehead atoms. The number of nitrogens with two attached hydrogens (primary N) is 1. The SMILES string of the molecule is NS(=O)(=O)c1ccc(NC(=O)COC(=O)CSc2ncnc3sccc23)cc1. The Morgan fingerprint density at radius 2 is 1.93 bits per heavy atom. The van der Waals surface area contributed by atoms with Gasteiger partial charge in [-0.05, 0) is 35.7 Å². The van der Waals surface area contributed by atoms with Crippen molar-refractivity contribution in [2.45, 2.75) is 9.92 Å². The van der Waals surface area contributed by atoms with Crippen molar-refractivity contribution in [3.05, 3.63) is 42.0 Å². The van der Waals surface area contributed by atoms with Gasteiger partial charge in [-0.25, -0.2) is 23.5 Å². The Labute approximate surface area is 168 Å². The lowest BCUT2D eigenvalue weighted by Crippen LogP contribution is -2.21. The van der Waals surface area contributed by atoms with Crippen LogP contribution in [0.25, 0.3) is 10.2 Å². The number of anilines is 1. The molecule has 0 atom stereocenters. The smallest absolute Gasteiger partial charge is 0.316 e. The van der Waals surface area contributed by atoms with E-state index in [0.717, 1.165) is 10.2 Å². The number of fused-ring (bicyclic) bond motifs is 1. The average Bonchev–Trinajstić information content (AvgIpc) is 3.14. The van der Waals surface area contributed by atoms with Gasteiger partial charge in [-0.3, -0.25) is 9.59 Å². The van der Waals surface area contributed by atoms with Crippen molar-refractivity contribution < 1.29 is 22.7 Å². The lowest BCUT2D eigenvalue weighted by Gasteiger charge is -2.07. The van der Waals surface area contributed by atoms with Crippen molar-refractivity contribution in [1.82, 2.24) is 9.97 Å². The Balaban J connectivity index is 1.46. The molecule has 0 spiro atoms. The highest BCUT2D eigenvalue weighted by Gasteiger charge is 2.12. The molecule has 0 aliphatic rings. The van der Waals surface area contributed by atoms with Crippen LogP contribution in [-0.2, 0) is 24.3 Å². The number of nitrogens with zero attached hydrogens (tertiary/aromatic N) is 2. The van der Waals surface area contributed by atoms with Crippen molar-refractivity contribution in [1.29, 1.82) is 0 Å². The van der Waals surface area contributed by atoms with E-state index >= 15 is 0 Å². The summed E-state index contributed by atoms with van der Waals surface area (Å²) in [6.07, 6.45) is 1.43. The first-order valence-corrected chi connectivity index (χ1v) is 11.1. The van der Waals surface area contributed by atoms with E-state index in [4.69, 9.17) is 9.88 Å². The van der Waals surface area contributed by atoms with Gasteiger partial charge in [-0.15, -0.1) is 11.3 Å². The third-order valence-corrected chi connectivity index (χ3v) is 6.11. The van der Waals surface area contributed by atoms with Crippen LogP contribution in [0, 0.1) is 0 Å². The van der Waals surface area contributed by atoms with Crippen LogP contribution >= 0.6 is 23.1 Å². The maximum atomic E-state index is 11.9. The molecule has 0 unspecified atom stereocenters. The van der Waals surface area contributed by atoms with Crippen LogP contribution in [0.3, 0.4) is 0 Å². The fourth-order valence-electron chi connectivity index (χ4n) is 2.12. The van der Waals surface area contributed by atoms with Gasteiger partial charge in [0.1, 0.15) is 16.2 Å². The summed E-state index contributed by atoms with van der Waals surface area (Å²) in [5.74, 6) is -1.12. The van der Waals surface area contributed by atoms with Crippen LogP contribution in [-0.4, -0.2) is 42.6 Å². The number of esters is 1. The van der Waals surface area contributed by atoms with Crippen molar-refractivity contribution >= 4 is 60.9 Å². The predicted molar refractivity (Wildman–Crippen MR) is 106 cm³/mol. The normalized spacial score (nSPS) is 11.3. The lowest BCUT2D eigenvalue weighted by atomic mass is 10.3. The van der Waals surface area contributed by atoms with E-state index in [1.165, 1.54) is 53.7 Å². The number of thiophene rings is 1. The van der Waals surface area contributed by atoms with Gasteiger partial charge >= 0.3 is 5.97 Å². The molecule has 3 N–H and O–H groups in total. The number of carbonyl (C=O) groups is 2. The summed E-state index contributed by atoms with van der Waals surface area (Å²) in [5.41, 5.74) is 0.351. The fourth-order valence-corrected chi connectivity index (χ4v) is 4.21. The van der Waals surface area contributed by atoms with Gasteiger partial charge in [0.25, 0.3) is 5.91 Å². The topological polar surface area (TPSA) is 141 Å². The number of sulfonamides is 1. The second-order valence-electron chi connectivity index (χ2n) is 5.39. The molecule has 0 aliphatic carbocycles. The molecule has 28 heavy (non-hydrogen) atoms. The zero-order chi connectivity index (χ0) is 20.1. The second kappa shape index (κ2) is 8.65. The number of aromatic nitrogens is 2. The minimum absolute atomic E-state index is 0.00169. The van der Waals surface area contributed by atoms with Gasteiger partial charge in [0.05, 0.1) is 10.6 Å². The summed E-state index contributed by atoms with van der Waals surface area (Å²) in [4.78, 5) is 32.8. The molecule has 0 saturated heterocycles. The maximum Gasteiger partial charge on any atom is 0.316 e. The maximum absolute atomic E-state index is 11.9.